The average Bonchev–Trinajstić information content (AvgIpc) is 2.94. The van der Waals surface area contributed by atoms with Crippen LogP contribution in [0.15, 0.2) is 36.4 Å². The van der Waals surface area contributed by atoms with Crippen molar-refractivity contribution in [3.63, 3.8) is 0 Å². The predicted octanol–water partition coefficient (Wildman–Crippen LogP) is 2.08. The number of aliphatic carboxylic acids is 1. The summed E-state index contributed by atoms with van der Waals surface area (Å²) in [5.41, 5.74) is 0.529. The molecule has 0 spiro atoms. The molecule has 1 aliphatic heterocycles. The lowest BCUT2D eigenvalue weighted by atomic mass is 9.85. The Balaban J connectivity index is 1.50. The van der Waals surface area contributed by atoms with Crippen LogP contribution in [0.25, 0.3) is 11.4 Å². The van der Waals surface area contributed by atoms with E-state index in [-0.39, 0.29) is 74.8 Å². The quantitative estimate of drug-likeness (QED) is 0.330. The van der Waals surface area contributed by atoms with E-state index >= 15 is 0 Å². The minimum Gasteiger partial charge on any atom is -0.481 e. The molecule has 1 saturated carbocycles. The number of piperazine rings is 1. The molecule has 1 atom stereocenters. The van der Waals surface area contributed by atoms with E-state index in [2.05, 4.69) is 20.6 Å². The van der Waals surface area contributed by atoms with Gasteiger partial charge in [0, 0.05) is 37.1 Å². The van der Waals surface area contributed by atoms with Gasteiger partial charge in [-0.2, -0.15) is 0 Å². The first-order chi connectivity index (χ1) is 20.2. The van der Waals surface area contributed by atoms with Crippen LogP contribution in [-0.4, -0.2) is 93.7 Å². The second kappa shape index (κ2) is 14.3. The number of carbonyl (C=O) groups excluding carboxylic acids is 4. The molecule has 3 amide bonds. The maximum atomic E-state index is 13.4. The summed E-state index contributed by atoms with van der Waals surface area (Å²) < 4.78 is 4.76. The molecule has 42 heavy (non-hydrogen) atoms. The monoisotopic (exact) mass is 582 g/mol. The molecule has 2 fully saturated rings. The van der Waals surface area contributed by atoms with Gasteiger partial charge in [-0.1, -0.05) is 36.8 Å². The topological polar surface area (TPSA) is 180 Å². The first kappa shape index (κ1) is 30.4. The van der Waals surface area contributed by atoms with Gasteiger partial charge in [-0.05, 0) is 26.2 Å². The number of ether oxygens (including phenoxy) is 1. The normalized spacial score (nSPS) is 16.1. The minimum absolute atomic E-state index is 0.0893. The van der Waals surface area contributed by atoms with E-state index in [0.29, 0.717) is 5.56 Å². The van der Waals surface area contributed by atoms with Gasteiger partial charge >= 0.3 is 12.1 Å². The van der Waals surface area contributed by atoms with Crippen molar-refractivity contribution >= 4 is 35.7 Å². The third-order valence-corrected chi connectivity index (χ3v) is 6.98. The number of amides is 3. The fourth-order valence-corrected chi connectivity index (χ4v) is 4.47. The van der Waals surface area contributed by atoms with Gasteiger partial charge in [0.25, 0.3) is 5.91 Å². The standard InChI is InChI=1S/C28H34N6O8/c1-2-41-28(40)42-34-15-13-33(14-16-34)27(39)20(11-12-23(35)36)30-26(38)21-17-22(32-25(37)19-9-6-10-19)31-24(29-21)18-7-4-3-5-8-18/h3-5,7-8,17,19-20H,2,6,9-16H2,1H3,(H,30,38)(H,35,36)(H,29,31,32,37)/t20-/m0/s1. The van der Waals surface area contributed by atoms with Crippen LogP contribution >= 0.6 is 0 Å². The summed E-state index contributed by atoms with van der Waals surface area (Å²) in [6.07, 6.45) is 1.20. The van der Waals surface area contributed by atoms with Crippen molar-refractivity contribution in [1.82, 2.24) is 25.2 Å². The number of carboxylic acids is 1. The molecule has 3 N–H and O–H groups in total. The van der Waals surface area contributed by atoms with Gasteiger partial charge in [-0.15, -0.1) is 5.06 Å². The summed E-state index contributed by atoms with van der Waals surface area (Å²) in [4.78, 5) is 77.7. The van der Waals surface area contributed by atoms with Crippen LogP contribution in [0.2, 0.25) is 0 Å². The van der Waals surface area contributed by atoms with Crippen molar-refractivity contribution in [2.24, 2.45) is 5.92 Å². The Morgan fingerprint density at radius 3 is 2.38 bits per heavy atom. The zero-order valence-electron chi connectivity index (χ0n) is 23.3. The molecular weight excluding hydrogens is 548 g/mol. The van der Waals surface area contributed by atoms with Crippen molar-refractivity contribution in [2.75, 3.05) is 38.1 Å². The molecular formula is C28H34N6O8. The van der Waals surface area contributed by atoms with Gasteiger partial charge in [0.1, 0.15) is 17.6 Å². The Morgan fingerprint density at radius 2 is 1.76 bits per heavy atom. The summed E-state index contributed by atoms with van der Waals surface area (Å²) in [6.45, 7) is 2.60. The Hall–Kier alpha value is -4.59. The molecule has 1 aromatic heterocycles. The van der Waals surface area contributed by atoms with Crippen molar-refractivity contribution < 1.29 is 38.7 Å². The number of carbonyl (C=O) groups is 5. The van der Waals surface area contributed by atoms with Gasteiger partial charge < -0.3 is 30.2 Å². The number of carboxylic acid groups (broad SMARTS) is 1. The summed E-state index contributed by atoms with van der Waals surface area (Å²) in [7, 11) is 0. The fraction of sp³-hybridized carbons (Fsp3) is 0.464. The van der Waals surface area contributed by atoms with Crippen LogP contribution < -0.4 is 10.6 Å². The Bertz CT molecular complexity index is 1290. The molecule has 1 saturated heterocycles. The molecule has 2 aromatic rings. The highest BCUT2D eigenvalue weighted by Crippen LogP contribution is 2.28. The Kier molecular flexibility index (Phi) is 10.4. The smallest absolute Gasteiger partial charge is 0.481 e. The third-order valence-electron chi connectivity index (χ3n) is 6.98. The van der Waals surface area contributed by atoms with Crippen LogP contribution in [0.4, 0.5) is 10.6 Å². The van der Waals surface area contributed by atoms with Crippen LogP contribution in [0.5, 0.6) is 0 Å². The summed E-state index contributed by atoms with van der Waals surface area (Å²) in [5, 5.41) is 16.0. The molecule has 1 aromatic carbocycles. The van der Waals surface area contributed by atoms with Crippen molar-refractivity contribution in [3.8, 4) is 11.4 Å². The van der Waals surface area contributed by atoms with Crippen molar-refractivity contribution in [1.29, 1.82) is 0 Å². The first-order valence-corrected chi connectivity index (χ1v) is 13.9. The highest BCUT2D eigenvalue weighted by atomic mass is 16.8. The number of benzene rings is 1. The van der Waals surface area contributed by atoms with Crippen molar-refractivity contribution in [2.45, 2.75) is 45.1 Å². The van der Waals surface area contributed by atoms with Crippen molar-refractivity contribution in [3.05, 3.63) is 42.1 Å². The molecule has 14 heteroatoms. The van der Waals surface area contributed by atoms with E-state index in [1.165, 1.54) is 16.0 Å². The molecule has 1 aliphatic carbocycles. The van der Waals surface area contributed by atoms with Crippen LogP contribution in [0, 0.1) is 5.92 Å². The zero-order chi connectivity index (χ0) is 30.1. The van der Waals surface area contributed by atoms with Crippen LogP contribution in [0.1, 0.15) is 49.5 Å². The van der Waals surface area contributed by atoms with E-state index in [0.717, 1.165) is 19.3 Å². The lowest BCUT2D eigenvalue weighted by Gasteiger charge is -2.35. The van der Waals surface area contributed by atoms with Gasteiger partial charge in [0.15, 0.2) is 5.82 Å². The van der Waals surface area contributed by atoms with Gasteiger partial charge in [-0.3, -0.25) is 19.2 Å². The Labute approximate surface area is 242 Å². The van der Waals surface area contributed by atoms with E-state index in [4.69, 9.17) is 9.57 Å². The first-order valence-electron chi connectivity index (χ1n) is 13.9. The SMILES string of the molecule is CCOC(=O)ON1CCN(C(=O)[C@H](CCC(=O)O)NC(=O)c2cc(NC(=O)C3CCC3)nc(-c3ccccc3)n2)CC1. The van der Waals surface area contributed by atoms with Gasteiger partial charge in [-0.25, -0.2) is 14.8 Å². The van der Waals surface area contributed by atoms with Crippen LogP contribution in [-0.2, 0) is 24.0 Å². The average molecular weight is 583 g/mol. The number of aromatic nitrogens is 2. The fourth-order valence-electron chi connectivity index (χ4n) is 4.47. The maximum absolute atomic E-state index is 13.4. The maximum Gasteiger partial charge on any atom is 0.527 e. The number of hydrogen-bond donors (Lipinski definition) is 3. The van der Waals surface area contributed by atoms with Gasteiger partial charge in [0.05, 0.1) is 19.7 Å². The number of hydroxylamine groups is 2. The molecule has 0 radical (unpaired) electrons. The number of anilines is 1. The highest BCUT2D eigenvalue weighted by Gasteiger charge is 2.31. The molecule has 4 rings (SSSR count). The summed E-state index contributed by atoms with van der Waals surface area (Å²) in [6, 6.07) is 9.10. The molecule has 2 aliphatic rings. The van der Waals surface area contributed by atoms with E-state index in [9.17, 15) is 29.1 Å². The molecule has 224 valence electrons. The lowest BCUT2D eigenvalue weighted by molar-refractivity contribution is -0.157. The minimum atomic E-state index is -1.16. The number of nitrogens with one attached hydrogen (secondary N) is 2. The molecule has 0 unspecified atom stereocenters. The second-order valence-electron chi connectivity index (χ2n) is 9.93. The predicted molar refractivity (Wildman–Crippen MR) is 148 cm³/mol. The highest BCUT2D eigenvalue weighted by molar-refractivity contribution is 5.98. The number of hydrogen-bond acceptors (Lipinski definition) is 10. The van der Waals surface area contributed by atoms with Gasteiger partial charge in [0.2, 0.25) is 11.8 Å². The van der Waals surface area contributed by atoms with E-state index in [1.807, 2.05) is 6.07 Å². The Morgan fingerprint density at radius 1 is 1.05 bits per heavy atom. The molecule has 0 bridgehead atoms. The lowest BCUT2D eigenvalue weighted by Crippen LogP contribution is -2.55. The summed E-state index contributed by atoms with van der Waals surface area (Å²) in [5.74, 6) is -2.26. The largest absolute Gasteiger partial charge is 0.527 e. The number of nitrogens with zero attached hydrogens (tertiary/aromatic N) is 4. The number of rotatable bonds is 11. The third kappa shape index (κ3) is 8.22. The zero-order valence-corrected chi connectivity index (χ0v) is 23.3. The van der Waals surface area contributed by atoms with E-state index in [1.54, 1.807) is 31.2 Å². The second-order valence-corrected chi connectivity index (χ2v) is 9.93. The molecule has 2 heterocycles. The summed E-state index contributed by atoms with van der Waals surface area (Å²) >= 11 is 0. The van der Waals surface area contributed by atoms with Crippen LogP contribution in [0.3, 0.4) is 0 Å². The van der Waals surface area contributed by atoms with E-state index < -0.39 is 30.0 Å². The molecule has 14 nitrogen and oxygen atoms in total.